The minimum atomic E-state index is -4.17. The number of likely N-dealkylation sites (tertiary alicyclic amines) is 1. The Morgan fingerprint density at radius 1 is 1.44 bits per heavy atom. The topological polar surface area (TPSA) is 48.7 Å². The summed E-state index contributed by atoms with van der Waals surface area (Å²) in [5.74, 6) is 1.33. The van der Waals surface area contributed by atoms with Crippen molar-refractivity contribution in [3.8, 4) is 0 Å². The molecule has 1 N–H and O–H groups in total. The number of nitrogens with one attached hydrogen (secondary N) is 1. The molecule has 10 heteroatoms. The van der Waals surface area contributed by atoms with E-state index in [0.29, 0.717) is 12.5 Å². The summed E-state index contributed by atoms with van der Waals surface area (Å²) in [5.41, 5.74) is 1.23. The summed E-state index contributed by atoms with van der Waals surface area (Å²) >= 11 is 0. The van der Waals surface area contributed by atoms with Crippen molar-refractivity contribution in [2.45, 2.75) is 25.9 Å². The summed E-state index contributed by atoms with van der Waals surface area (Å²) in [6.45, 7) is 4.26. The first-order valence-corrected chi connectivity index (χ1v) is 9.03. The zero-order valence-corrected chi connectivity index (χ0v) is 18.5. The SMILES string of the molecule is CCNC(=NCCN(C)CC(F)(F)F)N1CCC(Cc2cnn(C)c2)C1.I. The lowest BCUT2D eigenvalue weighted by molar-refractivity contribution is -0.142. The minimum absolute atomic E-state index is 0. The number of alkyl halides is 3. The number of rotatable bonds is 7. The standard InChI is InChI=1S/C17H29F3N6.HI/c1-4-21-16(22-6-8-24(2)13-17(18,19)20)26-7-5-14(12-26)9-15-10-23-25(3)11-15;/h10-11,14H,4-9,12-13H2,1-3H3,(H,21,22);1H. The number of aromatic nitrogens is 2. The summed E-state index contributed by atoms with van der Waals surface area (Å²) in [6, 6.07) is 0. The first-order chi connectivity index (χ1) is 12.3. The first kappa shape index (κ1) is 24.0. The van der Waals surface area contributed by atoms with Crippen LogP contribution in [0.1, 0.15) is 18.9 Å². The second kappa shape index (κ2) is 11.1. The monoisotopic (exact) mass is 502 g/mol. The molecular formula is C17H30F3IN6. The number of nitrogens with zero attached hydrogens (tertiary/aromatic N) is 5. The maximum Gasteiger partial charge on any atom is 0.401 e. The average Bonchev–Trinajstić information content (AvgIpc) is 3.14. The number of guanidine groups is 1. The molecular weight excluding hydrogens is 472 g/mol. The predicted octanol–water partition coefficient (Wildman–Crippen LogP) is 2.36. The normalized spacial score (nSPS) is 18.1. The first-order valence-electron chi connectivity index (χ1n) is 9.03. The van der Waals surface area contributed by atoms with Crippen LogP contribution in [0.3, 0.4) is 0 Å². The molecule has 0 amide bonds. The molecule has 1 aromatic heterocycles. The van der Waals surface area contributed by atoms with Crippen LogP contribution in [-0.4, -0.2) is 78.0 Å². The lowest BCUT2D eigenvalue weighted by Crippen LogP contribution is -2.41. The fourth-order valence-electron chi connectivity index (χ4n) is 3.24. The molecule has 0 radical (unpaired) electrons. The summed E-state index contributed by atoms with van der Waals surface area (Å²) in [5, 5.41) is 7.46. The van der Waals surface area contributed by atoms with Crippen molar-refractivity contribution in [3.05, 3.63) is 18.0 Å². The van der Waals surface area contributed by atoms with Gasteiger partial charge in [0.2, 0.25) is 0 Å². The van der Waals surface area contributed by atoms with E-state index in [1.54, 1.807) is 0 Å². The Bertz CT molecular complexity index is 589. The van der Waals surface area contributed by atoms with E-state index in [9.17, 15) is 13.2 Å². The van der Waals surface area contributed by atoms with E-state index in [-0.39, 0.29) is 30.5 Å². The van der Waals surface area contributed by atoms with Gasteiger partial charge in [-0.3, -0.25) is 14.6 Å². The van der Waals surface area contributed by atoms with Crippen LogP contribution < -0.4 is 5.32 Å². The van der Waals surface area contributed by atoms with E-state index in [2.05, 4.69) is 20.3 Å². The van der Waals surface area contributed by atoms with Gasteiger partial charge >= 0.3 is 6.18 Å². The molecule has 2 heterocycles. The number of likely N-dealkylation sites (N-methyl/N-ethyl adjacent to an activating group) is 1. The molecule has 0 aromatic carbocycles. The van der Waals surface area contributed by atoms with Gasteiger partial charge in [0.1, 0.15) is 0 Å². The molecule has 27 heavy (non-hydrogen) atoms. The highest BCUT2D eigenvalue weighted by atomic mass is 127. The molecule has 1 fully saturated rings. The van der Waals surface area contributed by atoms with Crippen molar-refractivity contribution >= 4 is 29.9 Å². The number of aryl methyl sites for hydroxylation is 1. The second-order valence-corrected chi connectivity index (χ2v) is 6.92. The van der Waals surface area contributed by atoms with E-state index in [0.717, 1.165) is 38.4 Å². The van der Waals surface area contributed by atoms with Crippen LogP contribution in [0.4, 0.5) is 13.2 Å². The van der Waals surface area contributed by atoms with Crippen molar-refractivity contribution in [1.82, 2.24) is 24.9 Å². The molecule has 1 aromatic rings. The number of halogens is 4. The third kappa shape index (κ3) is 8.67. The van der Waals surface area contributed by atoms with Gasteiger partial charge in [0.25, 0.3) is 0 Å². The van der Waals surface area contributed by atoms with Crippen molar-refractivity contribution in [3.63, 3.8) is 0 Å². The molecule has 1 saturated heterocycles. The Balaban J connectivity index is 0.00000364. The van der Waals surface area contributed by atoms with Crippen molar-refractivity contribution < 1.29 is 13.2 Å². The van der Waals surface area contributed by atoms with Crippen LogP contribution in [-0.2, 0) is 13.5 Å². The van der Waals surface area contributed by atoms with Gasteiger partial charge in [-0.25, -0.2) is 0 Å². The molecule has 0 aliphatic carbocycles. The molecule has 0 spiro atoms. The lowest BCUT2D eigenvalue weighted by atomic mass is 10.0. The van der Waals surface area contributed by atoms with E-state index in [1.807, 2.05) is 31.0 Å². The average molecular weight is 502 g/mol. The van der Waals surface area contributed by atoms with Crippen LogP contribution in [0.2, 0.25) is 0 Å². The Morgan fingerprint density at radius 3 is 2.78 bits per heavy atom. The van der Waals surface area contributed by atoms with Crippen LogP contribution >= 0.6 is 24.0 Å². The number of hydrogen-bond acceptors (Lipinski definition) is 3. The Kier molecular flexibility index (Phi) is 9.85. The molecule has 1 atom stereocenters. The molecule has 1 aliphatic rings. The highest BCUT2D eigenvalue weighted by Crippen LogP contribution is 2.21. The van der Waals surface area contributed by atoms with Gasteiger partial charge in [-0.05, 0) is 38.3 Å². The Morgan fingerprint density at radius 2 is 2.19 bits per heavy atom. The second-order valence-electron chi connectivity index (χ2n) is 6.92. The molecule has 156 valence electrons. The molecule has 1 aliphatic heterocycles. The maximum atomic E-state index is 12.4. The molecule has 1 unspecified atom stereocenters. The summed E-state index contributed by atoms with van der Waals surface area (Å²) < 4.78 is 38.9. The Labute approximate surface area is 176 Å². The van der Waals surface area contributed by atoms with Crippen LogP contribution in [0.25, 0.3) is 0 Å². The highest BCUT2D eigenvalue weighted by Gasteiger charge is 2.29. The van der Waals surface area contributed by atoms with Crippen molar-refractivity contribution in [1.29, 1.82) is 0 Å². The van der Waals surface area contributed by atoms with E-state index >= 15 is 0 Å². The van der Waals surface area contributed by atoms with Crippen LogP contribution in [0.5, 0.6) is 0 Å². The molecule has 2 rings (SSSR count). The van der Waals surface area contributed by atoms with Gasteiger partial charge < -0.3 is 10.2 Å². The summed E-state index contributed by atoms with van der Waals surface area (Å²) in [4.78, 5) is 7.97. The van der Waals surface area contributed by atoms with Gasteiger partial charge in [0.15, 0.2) is 5.96 Å². The zero-order chi connectivity index (χ0) is 19.2. The quantitative estimate of drug-likeness (QED) is 0.354. The number of hydrogen-bond donors (Lipinski definition) is 1. The third-order valence-electron chi connectivity index (χ3n) is 4.40. The Hall–Kier alpha value is -1.04. The van der Waals surface area contributed by atoms with Crippen molar-refractivity contribution in [2.24, 2.45) is 18.0 Å². The molecule has 0 bridgehead atoms. The van der Waals surface area contributed by atoms with Gasteiger partial charge in [0.05, 0.1) is 19.3 Å². The maximum absolute atomic E-state index is 12.4. The fourth-order valence-corrected chi connectivity index (χ4v) is 3.24. The van der Waals surface area contributed by atoms with Gasteiger partial charge in [-0.15, -0.1) is 24.0 Å². The van der Waals surface area contributed by atoms with E-state index < -0.39 is 12.7 Å². The minimum Gasteiger partial charge on any atom is -0.357 e. The van der Waals surface area contributed by atoms with Crippen LogP contribution in [0, 0.1) is 5.92 Å². The third-order valence-corrected chi connectivity index (χ3v) is 4.40. The summed E-state index contributed by atoms with van der Waals surface area (Å²) in [7, 11) is 3.38. The predicted molar refractivity (Wildman–Crippen MR) is 112 cm³/mol. The zero-order valence-electron chi connectivity index (χ0n) is 16.2. The van der Waals surface area contributed by atoms with E-state index in [4.69, 9.17) is 0 Å². The lowest BCUT2D eigenvalue weighted by Gasteiger charge is -2.22. The molecule has 6 nitrogen and oxygen atoms in total. The van der Waals surface area contributed by atoms with Gasteiger partial charge in [-0.1, -0.05) is 0 Å². The summed E-state index contributed by atoms with van der Waals surface area (Å²) in [6.07, 6.45) is 1.83. The van der Waals surface area contributed by atoms with E-state index in [1.165, 1.54) is 17.5 Å². The largest absolute Gasteiger partial charge is 0.401 e. The van der Waals surface area contributed by atoms with Gasteiger partial charge in [-0.2, -0.15) is 18.3 Å². The molecule has 0 saturated carbocycles. The fraction of sp³-hybridized carbons (Fsp3) is 0.765. The smallest absolute Gasteiger partial charge is 0.357 e. The number of aliphatic imine (C=N–C) groups is 1. The highest BCUT2D eigenvalue weighted by molar-refractivity contribution is 14.0. The van der Waals surface area contributed by atoms with Gasteiger partial charge in [0, 0.05) is 39.4 Å². The van der Waals surface area contributed by atoms with Crippen molar-refractivity contribution in [2.75, 3.05) is 46.3 Å². The van der Waals surface area contributed by atoms with Crippen LogP contribution in [0.15, 0.2) is 17.4 Å².